The lowest BCUT2D eigenvalue weighted by Gasteiger charge is -2.39. The highest BCUT2D eigenvalue weighted by Gasteiger charge is 2.50. The van der Waals surface area contributed by atoms with Gasteiger partial charge in [-0.15, -0.1) is 0 Å². The molecule has 0 aromatic carbocycles. The van der Waals surface area contributed by atoms with Gasteiger partial charge in [-0.2, -0.15) is 0 Å². The third-order valence-corrected chi connectivity index (χ3v) is 5.35. The molecule has 0 saturated heterocycles. The second-order valence-electron chi connectivity index (χ2n) is 6.64. The zero-order chi connectivity index (χ0) is 13.5. The Kier molecular flexibility index (Phi) is 3.56. The maximum absolute atomic E-state index is 12.2. The molecule has 108 valence electrons. The van der Waals surface area contributed by atoms with Crippen molar-refractivity contribution in [2.45, 2.75) is 75.0 Å². The monoisotopic (exact) mass is 266 g/mol. The van der Waals surface area contributed by atoms with Gasteiger partial charge in [0.15, 0.2) is 0 Å². The molecule has 0 radical (unpaired) electrons. The van der Waals surface area contributed by atoms with Gasteiger partial charge in [-0.05, 0) is 52.0 Å². The van der Waals surface area contributed by atoms with Crippen LogP contribution in [-0.2, 0) is 9.53 Å². The maximum atomic E-state index is 12.2. The lowest BCUT2D eigenvalue weighted by Crippen LogP contribution is -2.53. The zero-order valence-electron chi connectivity index (χ0n) is 12.2. The van der Waals surface area contributed by atoms with Gasteiger partial charge in [-0.1, -0.05) is 6.42 Å². The summed E-state index contributed by atoms with van der Waals surface area (Å²) in [5.41, 5.74) is -0.404. The smallest absolute Gasteiger partial charge is 0.326 e. The number of esters is 1. The van der Waals surface area contributed by atoms with Crippen LogP contribution in [0.4, 0.5) is 0 Å². The van der Waals surface area contributed by atoms with E-state index in [4.69, 9.17) is 4.74 Å². The molecule has 19 heavy (non-hydrogen) atoms. The standard InChI is InChI=1S/C15H26N2O2/c1-17(12-4-3-5-12)13-8-9-15(10-13,14(18)19-2)16-11-6-7-11/h11-13,16H,3-10H2,1-2H3. The highest BCUT2D eigenvalue weighted by molar-refractivity contribution is 5.81. The van der Waals surface area contributed by atoms with Crippen LogP contribution in [-0.4, -0.2) is 48.7 Å². The zero-order valence-corrected chi connectivity index (χ0v) is 12.2. The molecule has 3 aliphatic rings. The van der Waals surface area contributed by atoms with Crippen LogP contribution in [0.2, 0.25) is 0 Å². The molecule has 4 nitrogen and oxygen atoms in total. The van der Waals surface area contributed by atoms with Crippen LogP contribution in [0.15, 0.2) is 0 Å². The Hall–Kier alpha value is -0.610. The topological polar surface area (TPSA) is 41.6 Å². The highest BCUT2D eigenvalue weighted by Crippen LogP contribution is 2.39. The maximum Gasteiger partial charge on any atom is 0.326 e. The number of rotatable bonds is 5. The van der Waals surface area contributed by atoms with E-state index in [2.05, 4.69) is 17.3 Å². The van der Waals surface area contributed by atoms with Gasteiger partial charge >= 0.3 is 5.97 Å². The van der Waals surface area contributed by atoms with Crippen molar-refractivity contribution in [1.29, 1.82) is 0 Å². The van der Waals surface area contributed by atoms with Gasteiger partial charge in [0.25, 0.3) is 0 Å². The molecule has 1 N–H and O–H groups in total. The molecule has 0 bridgehead atoms. The average Bonchev–Trinajstić information content (AvgIpc) is 3.03. The minimum absolute atomic E-state index is 0.0519. The highest BCUT2D eigenvalue weighted by atomic mass is 16.5. The number of ether oxygens (including phenoxy) is 1. The van der Waals surface area contributed by atoms with E-state index >= 15 is 0 Å². The van der Waals surface area contributed by atoms with E-state index in [1.807, 2.05) is 0 Å². The van der Waals surface area contributed by atoms with E-state index < -0.39 is 5.54 Å². The summed E-state index contributed by atoms with van der Waals surface area (Å²) in [5, 5.41) is 3.58. The number of carbonyl (C=O) groups is 1. The summed E-state index contributed by atoms with van der Waals surface area (Å²) in [7, 11) is 3.75. The van der Waals surface area contributed by atoms with Crippen LogP contribution < -0.4 is 5.32 Å². The number of nitrogens with one attached hydrogen (secondary N) is 1. The largest absolute Gasteiger partial charge is 0.468 e. The van der Waals surface area contributed by atoms with Crippen molar-refractivity contribution in [3.05, 3.63) is 0 Å². The number of methoxy groups -OCH3 is 1. The molecule has 0 aromatic heterocycles. The van der Waals surface area contributed by atoms with Crippen LogP contribution >= 0.6 is 0 Å². The molecule has 0 aromatic rings. The molecular formula is C15H26N2O2. The van der Waals surface area contributed by atoms with Crippen molar-refractivity contribution in [3.63, 3.8) is 0 Å². The van der Waals surface area contributed by atoms with Gasteiger partial charge in [-0.3, -0.25) is 10.1 Å². The normalized spacial score (nSPS) is 35.4. The number of hydrogen-bond donors (Lipinski definition) is 1. The molecule has 2 atom stereocenters. The first-order chi connectivity index (χ1) is 9.14. The number of nitrogens with zero attached hydrogens (tertiary/aromatic N) is 1. The number of hydrogen-bond acceptors (Lipinski definition) is 4. The molecular weight excluding hydrogens is 240 g/mol. The van der Waals surface area contributed by atoms with E-state index in [1.165, 1.54) is 39.2 Å². The molecule has 3 aliphatic carbocycles. The van der Waals surface area contributed by atoms with Gasteiger partial charge in [0.2, 0.25) is 0 Å². The predicted octanol–water partition coefficient (Wildman–Crippen LogP) is 1.69. The summed E-state index contributed by atoms with van der Waals surface area (Å²) in [6, 6.07) is 1.84. The first kappa shape index (κ1) is 13.4. The van der Waals surface area contributed by atoms with Crippen LogP contribution in [0, 0.1) is 0 Å². The van der Waals surface area contributed by atoms with Crippen molar-refractivity contribution < 1.29 is 9.53 Å². The van der Waals surface area contributed by atoms with Crippen molar-refractivity contribution in [2.24, 2.45) is 0 Å². The molecule has 0 aliphatic heterocycles. The summed E-state index contributed by atoms with van der Waals surface area (Å²) in [6.07, 6.45) is 9.40. The van der Waals surface area contributed by atoms with Crippen molar-refractivity contribution in [3.8, 4) is 0 Å². The summed E-state index contributed by atoms with van der Waals surface area (Å²) in [6.45, 7) is 0. The van der Waals surface area contributed by atoms with Gasteiger partial charge < -0.3 is 9.64 Å². The SMILES string of the molecule is COC(=O)C1(NC2CC2)CCC(N(C)C2CCC2)C1. The van der Waals surface area contributed by atoms with E-state index in [-0.39, 0.29) is 5.97 Å². The van der Waals surface area contributed by atoms with Crippen molar-refractivity contribution in [1.82, 2.24) is 10.2 Å². The Balaban J connectivity index is 1.66. The fourth-order valence-electron chi connectivity index (χ4n) is 3.65. The predicted molar refractivity (Wildman–Crippen MR) is 73.9 cm³/mol. The van der Waals surface area contributed by atoms with E-state index in [0.717, 1.165) is 25.3 Å². The Labute approximate surface area is 115 Å². The van der Waals surface area contributed by atoms with Crippen LogP contribution in [0.1, 0.15) is 51.4 Å². The summed E-state index contributed by atoms with van der Waals surface area (Å²) in [5.74, 6) is -0.0519. The fraction of sp³-hybridized carbons (Fsp3) is 0.933. The molecule has 3 rings (SSSR count). The molecule has 3 fully saturated rings. The molecule has 3 saturated carbocycles. The molecule has 0 spiro atoms. The van der Waals surface area contributed by atoms with Crippen molar-refractivity contribution >= 4 is 5.97 Å². The first-order valence-corrected chi connectivity index (χ1v) is 7.73. The van der Waals surface area contributed by atoms with Gasteiger partial charge in [0.05, 0.1) is 7.11 Å². The molecule has 0 amide bonds. The fourth-order valence-corrected chi connectivity index (χ4v) is 3.65. The third-order valence-electron chi connectivity index (χ3n) is 5.35. The second-order valence-corrected chi connectivity index (χ2v) is 6.64. The average molecular weight is 266 g/mol. The van der Waals surface area contributed by atoms with E-state index in [9.17, 15) is 4.79 Å². The lowest BCUT2D eigenvalue weighted by atomic mass is 9.90. The van der Waals surface area contributed by atoms with Crippen LogP contribution in [0.5, 0.6) is 0 Å². The summed E-state index contributed by atoms with van der Waals surface area (Å²) in [4.78, 5) is 14.7. The second kappa shape index (κ2) is 5.06. The summed E-state index contributed by atoms with van der Waals surface area (Å²) >= 11 is 0. The Morgan fingerprint density at radius 1 is 1.21 bits per heavy atom. The quantitative estimate of drug-likeness (QED) is 0.769. The van der Waals surface area contributed by atoms with E-state index in [1.54, 1.807) is 0 Å². The number of carbonyl (C=O) groups excluding carboxylic acids is 1. The molecule has 0 heterocycles. The Morgan fingerprint density at radius 3 is 2.47 bits per heavy atom. The van der Waals surface area contributed by atoms with Crippen LogP contribution in [0.3, 0.4) is 0 Å². The minimum atomic E-state index is -0.404. The first-order valence-electron chi connectivity index (χ1n) is 7.73. The Morgan fingerprint density at radius 2 is 1.95 bits per heavy atom. The van der Waals surface area contributed by atoms with Gasteiger partial charge in [-0.25, -0.2) is 0 Å². The van der Waals surface area contributed by atoms with Gasteiger partial charge in [0.1, 0.15) is 5.54 Å². The third kappa shape index (κ3) is 2.52. The lowest BCUT2D eigenvalue weighted by molar-refractivity contribution is -0.148. The van der Waals surface area contributed by atoms with E-state index in [0.29, 0.717) is 12.1 Å². The summed E-state index contributed by atoms with van der Waals surface area (Å²) < 4.78 is 5.08. The minimum Gasteiger partial charge on any atom is -0.468 e. The van der Waals surface area contributed by atoms with Crippen molar-refractivity contribution in [2.75, 3.05) is 14.2 Å². The Bertz CT molecular complexity index is 352. The van der Waals surface area contributed by atoms with Crippen LogP contribution in [0.25, 0.3) is 0 Å². The van der Waals surface area contributed by atoms with Gasteiger partial charge in [0, 0.05) is 18.1 Å². The molecule has 4 heteroatoms. The molecule has 2 unspecified atom stereocenters.